The Morgan fingerprint density at radius 1 is 1.46 bits per heavy atom. The number of nitrogens with one attached hydrogen (secondary N) is 1. The van der Waals surface area contributed by atoms with Crippen molar-refractivity contribution in [2.45, 2.75) is 65.5 Å². The number of carbonyl (C=O) groups excluding carboxylic acids is 1. The van der Waals surface area contributed by atoms with E-state index in [1.807, 2.05) is 4.68 Å². The molecule has 0 bridgehead atoms. The summed E-state index contributed by atoms with van der Waals surface area (Å²) >= 11 is 0. The highest BCUT2D eigenvalue weighted by molar-refractivity contribution is 5.89. The van der Waals surface area contributed by atoms with Gasteiger partial charge in [-0.15, -0.1) is 0 Å². The molecule has 0 unspecified atom stereocenters. The molecule has 0 aromatic carbocycles. The monoisotopic (exact) mass is 336 g/mol. The van der Waals surface area contributed by atoms with E-state index < -0.39 is 0 Å². The molecule has 1 aromatic rings. The second-order valence-electron chi connectivity index (χ2n) is 7.36. The predicted molar refractivity (Wildman–Crippen MR) is 96.1 cm³/mol. The number of aromatic nitrogens is 2. The highest BCUT2D eigenvalue weighted by Gasteiger charge is 2.26. The summed E-state index contributed by atoms with van der Waals surface area (Å²) in [4.78, 5) is 14.2. The Morgan fingerprint density at radius 3 is 2.79 bits per heavy atom. The summed E-state index contributed by atoms with van der Waals surface area (Å²) in [5.41, 5.74) is 1.85. The summed E-state index contributed by atoms with van der Waals surface area (Å²) in [7, 11) is 1.79. The van der Waals surface area contributed by atoms with Gasteiger partial charge in [0.25, 0.3) is 0 Å². The third-order valence-corrected chi connectivity index (χ3v) is 4.79. The van der Waals surface area contributed by atoms with E-state index >= 15 is 0 Å². The van der Waals surface area contributed by atoms with Crippen LogP contribution in [-0.4, -0.2) is 45.5 Å². The van der Waals surface area contributed by atoms with Gasteiger partial charge in [0.1, 0.15) is 0 Å². The van der Waals surface area contributed by atoms with Crippen LogP contribution in [0.4, 0.5) is 10.5 Å². The fourth-order valence-corrected chi connectivity index (χ4v) is 3.44. The lowest BCUT2D eigenvalue weighted by atomic mass is 9.86. The van der Waals surface area contributed by atoms with E-state index in [0.717, 1.165) is 50.0 Å². The average Bonchev–Trinajstić information content (AvgIpc) is 2.90. The molecule has 1 aliphatic carbocycles. The standard InChI is InChI=1S/C18H32N4O2/c1-5-16-15(10-19-22(16)11-13(2)3)20-18(24)21(4)12-14-8-6-7-9-17(14)23/h10,13-14,17,23H,5-9,11-12H2,1-4H3,(H,20,24)/t14-,17-/m0/s1. The molecule has 1 saturated carbocycles. The van der Waals surface area contributed by atoms with Gasteiger partial charge in [-0.1, -0.05) is 33.6 Å². The van der Waals surface area contributed by atoms with Gasteiger partial charge in [0.05, 0.1) is 23.7 Å². The lowest BCUT2D eigenvalue weighted by molar-refractivity contribution is 0.0575. The highest BCUT2D eigenvalue weighted by Crippen LogP contribution is 2.25. The van der Waals surface area contributed by atoms with Crippen LogP contribution in [0.3, 0.4) is 0 Å². The third-order valence-electron chi connectivity index (χ3n) is 4.79. The Balaban J connectivity index is 1.97. The Morgan fingerprint density at radius 2 is 2.17 bits per heavy atom. The number of nitrogens with zero attached hydrogens (tertiary/aromatic N) is 3. The molecule has 0 saturated heterocycles. The SMILES string of the molecule is CCc1c(NC(=O)N(C)C[C@@H]2CCCC[C@@H]2O)cnn1CC(C)C. The summed E-state index contributed by atoms with van der Waals surface area (Å²) in [6.45, 7) is 7.83. The van der Waals surface area contributed by atoms with E-state index in [4.69, 9.17) is 0 Å². The quantitative estimate of drug-likeness (QED) is 0.838. The van der Waals surface area contributed by atoms with Crippen LogP contribution in [0, 0.1) is 11.8 Å². The Kier molecular flexibility index (Phi) is 6.66. The van der Waals surface area contributed by atoms with Gasteiger partial charge in [0.2, 0.25) is 0 Å². The Labute approximate surface area is 145 Å². The second kappa shape index (κ2) is 8.51. The lowest BCUT2D eigenvalue weighted by Gasteiger charge is -2.31. The van der Waals surface area contributed by atoms with Gasteiger partial charge in [-0.25, -0.2) is 4.79 Å². The number of anilines is 1. The zero-order chi connectivity index (χ0) is 17.7. The highest BCUT2D eigenvalue weighted by atomic mass is 16.3. The van der Waals surface area contributed by atoms with Gasteiger partial charge in [0.15, 0.2) is 0 Å². The van der Waals surface area contributed by atoms with Crippen molar-refractivity contribution in [1.29, 1.82) is 0 Å². The van der Waals surface area contributed by atoms with Crippen LogP contribution < -0.4 is 5.32 Å². The third kappa shape index (κ3) is 4.72. The van der Waals surface area contributed by atoms with Crippen molar-refractivity contribution in [3.63, 3.8) is 0 Å². The summed E-state index contributed by atoms with van der Waals surface area (Å²) < 4.78 is 1.98. The van der Waals surface area contributed by atoms with Crippen LogP contribution in [0.1, 0.15) is 52.1 Å². The first-order valence-electron chi connectivity index (χ1n) is 9.17. The van der Waals surface area contributed by atoms with Crippen LogP contribution in [0.2, 0.25) is 0 Å². The first-order chi connectivity index (χ1) is 11.4. The molecule has 1 fully saturated rings. The van der Waals surface area contributed by atoms with Crippen LogP contribution in [-0.2, 0) is 13.0 Å². The van der Waals surface area contributed by atoms with E-state index in [1.54, 1.807) is 18.1 Å². The number of amides is 2. The molecule has 136 valence electrons. The maximum atomic E-state index is 12.5. The molecule has 2 N–H and O–H groups in total. The molecular weight excluding hydrogens is 304 g/mol. The van der Waals surface area contributed by atoms with Gasteiger partial charge < -0.3 is 15.3 Å². The van der Waals surface area contributed by atoms with E-state index in [0.29, 0.717) is 12.5 Å². The number of carbonyl (C=O) groups is 1. The topological polar surface area (TPSA) is 70.4 Å². The molecule has 2 amide bonds. The van der Waals surface area contributed by atoms with Crippen molar-refractivity contribution in [1.82, 2.24) is 14.7 Å². The lowest BCUT2D eigenvalue weighted by Crippen LogP contribution is -2.40. The summed E-state index contributed by atoms with van der Waals surface area (Å²) in [5, 5.41) is 17.5. The first kappa shape index (κ1) is 18.8. The largest absolute Gasteiger partial charge is 0.393 e. The Bertz CT molecular complexity index is 541. The van der Waals surface area contributed by atoms with Crippen molar-refractivity contribution in [2.75, 3.05) is 18.9 Å². The molecule has 1 aliphatic rings. The van der Waals surface area contributed by atoms with Gasteiger partial charge in [-0.2, -0.15) is 5.10 Å². The van der Waals surface area contributed by atoms with Crippen LogP contribution in [0.25, 0.3) is 0 Å². The summed E-state index contributed by atoms with van der Waals surface area (Å²) in [5.74, 6) is 0.693. The second-order valence-corrected chi connectivity index (χ2v) is 7.36. The number of hydrogen-bond acceptors (Lipinski definition) is 3. The molecule has 0 aliphatic heterocycles. The average molecular weight is 336 g/mol. The van der Waals surface area contributed by atoms with Gasteiger partial charge in [-0.05, 0) is 25.2 Å². The van der Waals surface area contributed by atoms with Crippen molar-refractivity contribution < 1.29 is 9.90 Å². The predicted octanol–water partition coefficient (Wildman–Crippen LogP) is 3.12. The molecule has 24 heavy (non-hydrogen) atoms. The number of rotatable bonds is 6. The maximum Gasteiger partial charge on any atom is 0.321 e. The van der Waals surface area contributed by atoms with Crippen molar-refractivity contribution >= 4 is 11.7 Å². The van der Waals surface area contributed by atoms with Gasteiger partial charge in [-0.3, -0.25) is 4.68 Å². The minimum absolute atomic E-state index is 0.133. The first-order valence-corrected chi connectivity index (χ1v) is 9.17. The summed E-state index contributed by atoms with van der Waals surface area (Å²) in [6, 6.07) is -0.133. The molecule has 6 nitrogen and oxygen atoms in total. The van der Waals surface area contributed by atoms with E-state index in [2.05, 4.69) is 31.2 Å². The normalized spacial score (nSPS) is 21.1. The van der Waals surface area contributed by atoms with Crippen molar-refractivity contribution in [2.24, 2.45) is 11.8 Å². The molecular formula is C18H32N4O2. The molecule has 2 atom stereocenters. The van der Waals surface area contributed by atoms with Crippen LogP contribution in [0.15, 0.2) is 6.20 Å². The fraction of sp³-hybridized carbons (Fsp3) is 0.778. The zero-order valence-electron chi connectivity index (χ0n) is 15.5. The zero-order valence-corrected chi connectivity index (χ0v) is 15.5. The number of aliphatic hydroxyl groups excluding tert-OH is 1. The molecule has 6 heteroatoms. The van der Waals surface area contributed by atoms with Crippen molar-refractivity contribution in [3.8, 4) is 0 Å². The van der Waals surface area contributed by atoms with E-state index in [9.17, 15) is 9.90 Å². The number of urea groups is 1. The Hall–Kier alpha value is -1.56. The molecule has 0 radical (unpaired) electrons. The van der Waals surface area contributed by atoms with Crippen molar-refractivity contribution in [3.05, 3.63) is 11.9 Å². The molecule has 1 heterocycles. The maximum absolute atomic E-state index is 12.5. The fourth-order valence-electron chi connectivity index (χ4n) is 3.44. The smallest absolute Gasteiger partial charge is 0.321 e. The van der Waals surface area contributed by atoms with Crippen LogP contribution in [0.5, 0.6) is 0 Å². The molecule has 0 spiro atoms. The van der Waals surface area contributed by atoms with Crippen LogP contribution >= 0.6 is 0 Å². The van der Waals surface area contributed by atoms with E-state index in [1.165, 1.54) is 0 Å². The number of aliphatic hydroxyl groups is 1. The number of hydrogen-bond donors (Lipinski definition) is 2. The summed E-state index contributed by atoms with van der Waals surface area (Å²) in [6.07, 6.45) is 6.35. The molecule has 2 rings (SSSR count). The van der Waals surface area contributed by atoms with Gasteiger partial charge in [0, 0.05) is 26.1 Å². The van der Waals surface area contributed by atoms with Gasteiger partial charge >= 0.3 is 6.03 Å². The van der Waals surface area contributed by atoms with E-state index in [-0.39, 0.29) is 18.1 Å². The molecule has 1 aromatic heterocycles. The minimum atomic E-state index is -0.283. The minimum Gasteiger partial charge on any atom is -0.393 e.